The van der Waals surface area contributed by atoms with Crippen LogP contribution in [0.25, 0.3) is 0 Å². The smallest absolute Gasteiger partial charge is 0.282 e. The van der Waals surface area contributed by atoms with Gasteiger partial charge in [0.25, 0.3) is 5.91 Å². The fraction of sp³-hybridized carbons (Fsp3) is 0.375. The van der Waals surface area contributed by atoms with Gasteiger partial charge in [0, 0.05) is 11.1 Å². The van der Waals surface area contributed by atoms with Gasteiger partial charge in [-0.2, -0.15) is 0 Å². The minimum atomic E-state index is -3.23. The van der Waals surface area contributed by atoms with Gasteiger partial charge in [-0.1, -0.05) is 48.5 Å². The zero-order valence-electron chi connectivity index (χ0n) is 17.1. The number of rotatable bonds is 6. The van der Waals surface area contributed by atoms with E-state index in [1.165, 1.54) is 15.9 Å². The standard InChI is InChI=1S/C24H28N2O3S/c27-24(18-25-14-11-21(12-15-25)17-20-7-3-1-4-8-20)26(22-9-5-2-6-10-22)23-13-16-30(28,29)19-23/h1-10,13,16,21,23H,11-12,14-15,17-19H2/p+1/t23-/m1/s1. The molecule has 4 rings (SSSR count). The Morgan fingerprint density at radius 1 is 0.967 bits per heavy atom. The third kappa shape index (κ3) is 5.18. The largest absolute Gasteiger partial charge is 0.327 e. The average Bonchev–Trinajstić information content (AvgIpc) is 3.10. The van der Waals surface area contributed by atoms with Gasteiger partial charge in [-0.05, 0) is 49.0 Å². The van der Waals surface area contributed by atoms with Gasteiger partial charge in [0.1, 0.15) is 0 Å². The Hall–Kier alpha value is -2.44. The first-order valence-corrected chi connectivity index (χ1v) is 12.4. The summed E-state index contributed by atoms with van der Waals surface area (Å²) in [6.45, 7) is 2.35. The normalized spacial score (nSPS) is 25.1. The molecule has 1 N–H and O–H groups in total. The SMILES string of the molecule is O=C(C[NH+]1CCC(Cc2ccccc2)CC1)N(c1ccccc1)[C@@H]1C=CS(=O)(=O)C1. The molecule has 0 radical (unpaired) electrons. The number of anilines is 1. The molecule has 0 aliphatic carbocycles. The van der Waals surface area contributed by atoms with Crippen LogP contribution < -0.4 is 9.80 Å². The predicted molar refractivity (Wildman–Crippen MR) is 119 cm³/mol. The molecule has 2 aromatic carbocycles. The molecule has 1 amide bonds. The second-order valence-corrected chi connectivity index (χ2v) is 10.3. The number of carbonyl (C=O) groups is 1. The lowest BCUT2D eigenvalue weighted by molar-refractivity contribution is -0.898. The maximum atomic E-state index is 13.3. The van der Waals surface area contributed by atoms with Gasteiger partial charge in [-0.15, -0.1) is 0 Å². The molecule has 1 atom stereocenters. The van der Waals surface area contributed by atoms with Gasteiger partial charge in [-0.25, -0.2) is 8.42 Å². The molecule has 2 aromatic rings. The number of nitrogens with zero attached hydrogens (tertiary/aromatic N) is 1. The zero-order valence-corrected chi connectivity index (χ0v) is 17.9. The highest BCUT2D eigenvalue weighted by atomic mass is 32.2. The van der Waals surface area contributed by atoms with Gasteiger partial charge >= 0.3 is 0 Å². The number of hydrogen-bond donors (Lipinski definition) is 1. The lowest BCUT2D eigenvalue weighted by Gasteiger charge is -2.32. The summed E-state index contributed by atoms with van der Waals surface area (Å²) in [5.41, 5.74) is 2.14. The fourth-order valence-corrected chi connectivity index (χ4v) is 5.81. The van der Waals surface area contributed by atoms with Gasteiger partial charge in [0.15, 0.2) is 16.4 Å². The number of benzene rings is 2. The summed E-state index contributed by atoms with van der Waals surface area (Å²) < 4.78 is 23.9. The molecule has 158 valence electrons. The van der Waals surface area contributed by atoms with Crippen molar-refractivity contribution >= 4 is 21.4 Å². The molecule has 0 saturated carbocycles. The van der Waals surface area contributed by atoms with Crippen LogP contribution in [0.1, 0.15) is 18.4 Å². The van der Waals surface area contributed by atoms with Crippen LogP contribution in [0.4, 0.5) is 5.69 Å². The Kier molecular flexibility index (Phi) is 6.35. The van der Waals surface area contributed by atoms with Crippen LogP contribution >= 0.6 is 0 Å². The second-order valence-electron chi connectivity index (χ2n) is 8.38. The Morgan fingerprint density at radius 2 is 1.60 bits per heavy atom. The van der Waals surface area contributed by atoms with Crippen LogP contribution in [-0.4, -0.2) is 45.8 Å². The number of carbonyl (C=O) groups excluding carboxylic acids is 1. The van der Waals surface area contributed by atoms with E-state index in [1.807, 2.05) is 36.4 Å². The summed E-state index contributed by atoms with van der Waals surface area (Å²) in [6, 6.07) is 19.6. The maximum Gasteiger partial charge on any atom is 0.282 e. The van der Waals surface area contributed by atoms with E-state index in [0.717, 1.165) is 38.0 Å². The third-order valence-corrected chi connectivity index (χ3v) is 7.50. The maximum absolute atomic E-state index is 13.3. The third-order valence-electron chi connectivity index (χ3n) is 6.13. The minimum absolute atomic E-state index is 0.00976. The van der Waals surface area contributed by atoms with Gasteiger partial charge in [0.05, 0.1) is 24.9 Å². The number of para-hydroxylation sites is 1. The molecule has 0 spiro atoms. The molecular weight excluding hydrogens is 396 g/mol. The van der Waals surface area contributed by atoms with Crippen LogP contribution in [0.15, 0.2) is 72.1 Å². The Balaban J connectivity index is 1.38. The lowest BCUT2D eigenvalue weighted by Crippen LogP contribution is -3.14. The molecule has 0 bridgehead atoms. The molecule has 30 heavy (non-hydrogen) atoms. The van der Waals surface area contributed by atoms with Crippen molar-refractivity contribution in [2.75, 3.05) is 30.3 Å². The molecule has 2 aliphatic rings. The summed E-state index contributed by atoms with van der Waals surface area (Å²) in [6.07, 6.45) is 4.96. The van der Waals surface area contributed by atoms with E-state index in [0.29, 0.717) is 12.5 Å². The van der Waals surface area contributed by atoms with Crippen molar-refractivity contribution in [2.45, 2.75) is 25.3 Å². The van der Waals surface area contributed by atoms with Crippen molar-refractivity contribution < 1.29 is 18.1 Å². The van der Waals surface area contributed by atoms with Gasteiger partial charge in [-0.3, -0.25) is 9.69 Å². The molecule has 1 fully saturated rings. The topological polar surface area (TPSA) is 58.9 Å². The molecule has 2 heterocycles. The van der Waals surface area contributed by atoms with Crippen molar-refractivity contribution in [3.8, 4) is 0 Å². The summed E-state index contributed by atoms with van der Waals surface area (Å²) in [5.74, 6) is 0.617. The van der Waals surface area contributed by atoms with E-state index in [1.54, 1.807) is 11.0 Å². The first kappa shape index (κ1) is 20.8. The summed E-state index contributed by atoms with van der Waals surface area (Å²) >= 11 is 0. The fourth-order valence-electron chi connectivity index (χ4n) is 4.54. The Morgan fingerprint density at radius 3 is 2.20 bits per heavy atom. The van der Waals surface area contributed by atoms with Crippen molar-refractivity contribution in [2.24, 2.45) is 5.92 Å². The number of sulfone groups is 1. The highest BCUT2D eigenvalue weighted by Gasteiger charge is 2.34. The van der Waals surface area contributed by atoms with E-state index in [9.17, 15) is 13.2 Å². The van der Waals surface area contributed by atoms with Gasteiger partial charge in [0.2, 0.25) is 0 Å². The summed E-state index contributed by atoms with van der Waals surface area (Å²) in [5, 5.41) is 1.24. The van der Waals surface area contributed by atoms with Crippen LogP contribution in [-0.2, 0) is 21.1 Å². The summed E-state index contributed by atoms with van der Waals surface area (Å²) in [4.78, 5) is 16.2. The number of hydrogen-bond acceptors (Lipinski definition) is 3. The number of piperidine rings is 1. The summed E-state index contributed by atoms with van der Waals surface area (Å²) in [7, 11) is -3.23. The average molecular weight is 426 g/mol. The van der Waals surface area contributed by atoms with Crippen LogP contribution in [0, 0.1) is 5.92 Å². The molecule has 0 unspecified atom stereocenters. The molecule has 5 nitrogen and oxygen atoms in total. The number of likely N-dealkylation sites (tertiary alicyclic amines) is 1. The Labute approximate surface area is 178 Å². The van der Waals surface area contributed by atoms with E-state index in [4.69, 9.17) is 0 Å². The zero-order chi connectivity index (χ0) is 21.0. The molecule has 0 aromatic heterocycles. The van der Waals surface area contributed by atoms with Crippen molar-refractivity contribution in [3.05, 3.63) is 77.7 Å². The van der Waals surface area contributed by atoms with Gasteiger partial charge < -0.3 is 4.90 Å². The van der Waals surface area contributed by atoms with Crippen molar-refractivity contribution in [3.63, 3.8) is 0 Å². The van der Waals surface area contributed by atoms with Crippen molar-refractivity contribution in [1.29, 1.82) is 0 Å². The van der Waals surface area contributed by atoms with E-state index >= 15 is 0 Å². The van der Waals surface area contributed by atoms with Crippen LogP contribution in [0.2, 0.25) is 0 Å². The lowest BCUT2D eigenvalue weighted by atomic mass is 9.90. The van der Waals surface area contributed by atoms with Crippen molar-refractivity contribution in [1.82, 2.24) is 0 Å². The van der Waals surface area contributed by atoms with Crippen LogP contribution in [0.5, 0.6) is 0 Å². The molecule has 1 saturated heterocycles. The molecule has 2 aliphatic heterocycles. The second kappa shape index (κ2) is 9.14. The molecule has 6 heteroatoms. The number of amides is 1. The monoisotopic (exact) mass is 425 g/mol. The highest BCUT2D eigenvalue weighted by molar-refractivity contribution is 7.94. The van der Waals surface area contributed by atoms with E-state index in [2.05, 4.69) is 24.3 Å². The van der Waals surface area contributed by atoms with E-state index in [-0.39, 0.29) is 11.7 Å². The predicted octanol–water partition coefficient (Wildman–Crippen LogP) is 1.87. The quantitative estimate of drug-likeness (QED) is 0.769. The Bertz CT molecular complexity index is 982. The van der Waals surface area contributed by atoms with Crippen LogP contribution in [0.3, 0.4) is 0 Å². The first-order chi connectivity index (χ1) is 14.5. The number of nitrogens with one attached hydrogen (secondary N) is 1. The first-order valence-electron chi connectivity index (χ1n) is 10.7. The highest BCUT2D eigenvalue weighted by Crippen LogP contribution is 2.22. The van der Waals surface area contributed by atoms with E-state index < -0.39 is 15.9 Å². The molecular formula is C24H29N2O3S+. The number of quaternary nitrogens is 1. The minimum Gasteiger partial charge on any atom is -0.327 e.